The first-order valence-electron chi connectivity index (χ1n) is 5.84. The molecule has 94 valence electrons. The molecule has 0 heterocycles. The molecule has 0 fully saturated rings. The zero-order chi connectivity index (χ0) is 12.6. The highest BCUT2D eigenvalue weighted by Gasteiger charge is 2.15. The van der Waals surface area contributed by atoms with Crippen molar-refractivity contribution in [1.29, 1.82) is 0 Å². The third-order valence-electron chi connectivity index (χ3n) is 2.43. The fraction of sp³-hybridized carbons (Fsp3) is 0.750. The van der Waals surface area contributed by atoms with Gasteiger partial charge in [-0.3, -0.25) is 4.99 Å². The van der Waals surface area contributed by atoms with E-state index < -0.39 is 0 Å². The Morgan fingerprint density at radius 2 is 1.75 bits per heavy atom. The van der Waals surface area contributed by atoms with Crippen LogP contribution in [0.3, 0.4) is 0 Å². The number of methoxy groups -OCH3 is 1. The molecular formula is C12H25N3O. The van der Waals surface area contributed by atoms with Crippen molar-refractivity contribution in [1.82, 2.24) is 4.90 Å². The Morgan fingerprint density at radius 1 is 1.25 bits per heavy atom. The molecule has 0 rings (SSSR count). The summed E-state index contributed by atoms with van der Waals surface area (Å²) in [5.74, 6) is 0.449. The van der Waals surface area contributed by atoms with Gasteiger partial charge in [-0.1, -0.05) is 13.8 Å². The Hall–Kier alpha value is -1.19. The normalized spacial score (nSPS) is 13.4. The molecule has 0 amide bonds. The standard InChI is InChI=1S/C12H25N3O/c1-6-8-15(9-7-2)11(10(3)14-4)12(13)16-5/h6-9,13H2,1-5H3. The molecule has 0 aliphatic rings. The summed E-state index contributed by atoms with van der Waals surface area (Å²) < 4.78 is 5.14. The van der Waals surface area contributed by atoms with E-state index in [1.165, 1.54) is 0 Å². The molecule has 0 aliphatic heterocycles. The minimum Gasteiger partial charge on any atom is -0.481 e. The predicted octanol–water partition coefficient (Wildman–Crippen LogP) is 1.97. The lowest BCUT2D eigenvalue weighted by molar-refractivity contribution is 0.258. The van der Waals surface area contributed by atoms with Crippen LogP contribution in [0.25, 0.3) is 0 Å². The minimum atomic E-state index is 0.449. The van der Waals surface area contributed by atoms with Crippen molar-refractivity contribution in [3.63, 3.8) is 0 Å². The van der Waals surface area contributed by atoms with Crippen molar-refractivity contribution in [2.24, 2.45) is 10.7 Å². The van der Waals surface area contributed by atoms with E-state index in [1.807, 2.05) is 6.92 Å². The monoisotopic (exact) mass is 227 g/mol. The van der Waals surface area contributed by atoms with Gasteiger partial charge in [-0.25, -0.2) is 0 Å². The van der Waals surface area contributed by atoms with Crippen LogP contribution in [0.1, 0.15) is 33.6 Å². The predicted molar refractivity (Wildman–Crippen MR) is 69.4 cm³/mol. The van der Waals surface area contributed by atoms with Crippen molar-refractivity contribution in [2.75, 3.05) is 27.2 Å². The van der Waals surface area contributed by atoms with Crippen LogP contribution >= 0.6 is 0 Å². The zero-order valence-electron chi connectivity index (χ0n) is 11.2. The molecule has 0 saturated carbocycles. The Labute approximate surface area is 99.2 Å². The molecule has 0 aliphatic carbocycles. The summed E-state index contributed by atoms with van der Waals surface area (Å²) in [5, 5.41) is 0. The third kappa shape index (κ3) is 4.13. The van der Waals surface area contributed by atoms with Gasteiger partial charge in [-0.2, -0.15) is 0 Å². The number of allylic oxidation sites excluding steroid dienone is 1. The molecule has 0 aromatic carbocycles. The summed E-state index contributed by atoms with van der Waals surface area (Å²) in [6.07, 6.45) is 2.16. The molecule has 2 N–H and O–H groups in total. The van der Waals surface area contributed by atoms with E-state index in [1.54, 1.807) is 14.2 Å². The van der Waals surface area contributed by atoms with Gasteiger partial charge in [-0.05, 0) is 19.8 Å². The fourth-order valence-electron chi connectivity index (χ4n) is 1.64. The van der Waals surface area contributed by atoms with E-state index >= 15 is 0 Å². The SMILES string of the molecule is CCCN(CCC)C(C(C)=NC)=C(N)OC. The van der Waals surface area contributed by atoms with Crippen molar-refractivity contribution in [3.05, 3.63) is 11.6 Å². The quantitative estimate of drug-likeness (QED) is 0.534. The molecule has 0 bridgehead atoms. The summed E-state index contributed by atoms with van der Waals surface area (Å²) in [7, 11) is 3.36. The highest BCUT2D eigenvalue weighted by atomic mass is 16.5. The summed E-state index contributed by atoms with van der Waals surface area (Å²) in [6.45, 7) is 8.21. The number of nitrogens with zero attached hydrogens (tertiary/aromatic N) is 2. The van der Waals surface area contributed by atoms with E-state index in [4.69, 9.17) is 10.5 Å². The Morgan fingerprint density at radius 3 is 2.06 bits per heavy atom. The molecule has 0 unspecified atom stereocenters. The molecule has 0 atom stereocenters. The number of hydrogen-bond acceptors (Lipinski definition) is 4. The van der Waals surface area contributed by atoms with Crippen LogP contribution in [-0.4, -0.2) is 37.9 Å². The van der Waals surface area contributed by atoms with Gasteiger partial charge in [0.05, 0.1) is 12.8 Å². The maximum Gasteiger partial charge on any atom is 0.209 e. The van der Waals surface area contributed by atoms with Gasteiger partial charge < -0.3 is 15.4 Å². The van der Waals surface area contributed by atoms with Gasteiger partial charge in [0.25, 0.3) is 0 Å². The lowest BCUT2D eigenvalue weighted by atomic mass is 10.2. The zero-order valence-corrected chi connectivity index (χ0v) is 11.2. The Balaban J connectivity index is 5.12. The minimum absolute atomic E-state index is 0.449. The molecule has 0 aromatic rings. The second-order valence-corrected chi connectivity index (χ2v) is 3.71. The summed E-state index contributed by atoms with van der Waals surface area (Å²) >= 11 is 0. The van der Waals surface area contributed by atoms with E-state index in [0.29, 0.717) is 5.88 Å². The van der Waals surface area contributed by atoms with E-state index in [2.05, 4.69) is 23.7 Å². The molecule has 0 radical (unpaired) electrons. The van der Waals surface area contributed by atoms with E-state index in [-0.39, 0.29) is 0 Å². The first-order chi connectivity index (χ1) is 7.62. The number of aliphatic imine (C=N–C) groups is 1. The van der Waals surface area contributed by atoms with Gasteiger partial charge in [0.15, 0.2) is 0 Å². The first-order valence-corrected chi connectivity index (χ1v) is 5.84. The maximum absolute atomic E-state index is 5.89. The maximum atomic E-state index is 5.89. The fourth-order valence-corrected chi connectivity index (χ4v) is 1.64. The molecule has 0 saturated heterocycles. The van der Waals surface area contributed by atoms with Gasteiger partial charge in [0.1, 0.15) is 5.70 Å². The molecule has 16 heavy (non-hydrogen) atoms. The lowest BCUT2D eigenvalue weighted by Crippen LogP contribution is -2.31. The van der Waals surface area contributed by atoms with Crippen LogP contribution in [0.15, 0.2) is 16.6 Å². The Kier molecular flexibility index (Phi) is 7.42. The number of rotatable bonds is 7. The number of nitrogens with two attached hydrogens (primary N) is 1. The van der Waals surface area contributed by atoms with Crippen LogP contribution < -0.4 is 5.73 Å². The van der Waals surface area contributed by atoms with Crippen molar-refractivity contribution in [2.45, 2.75) is 33.6 Å². The topological polar surface area (TPSA) is 50.8 Å². The largest absolute Gasteiger partial charge is 0.481 e. The molecule has 0 aromatic heterocycles. The number of hydrogen-bond donors (Lipinski definition) is 1. The summed E-state index contributed by atoms with van der Waals surface area (Å²) in [6, 6.07) is 0. The van der Waals surface area contributed by atoms with Crippen LogP contribution in [0.5, 0.6) is 0 Å². The van der Waals surface area contributed by atoms with Crippen LogP contribution in [-0.2, 0) is 4.74 Å². The number of ether oxygens (including phenoxy) is 1. The van der Waals surface area contributed by atoms with E-state index in [9.17, 15) is 0 Å². The second-order valence-electron chi connectivity index (χ2n) is 3.71. The summed E-state index contributed by atoms with van der Waals surface area (Å²) in [5.41, 5.74) is 7.73. The van der Waals surface area contributed by atoms with Crippen LogP contribution in [0.4, 0.5) is 0 Å². The highest BCUT2D eigenvalue weighted by molar-refractivity contribution is 5.97. The average Bonchev–Trinajstić information content (AvgIpc) is 2.29. The van der Waals surface area contributed by atoms with E-state index in [0.717, 1.165) is 37.3 Å². The molecule has 4 nitrogen and oxygen atoms in total. The Bertz CT molecular complexity index is 253. The van der Waals surface area contributed by atoms with Crippen molar-refractivity contribution in [3.8, 4) is 0 Å². The second kappa shape index (κ2) is 8.02. The van der Waals surface area contributed by atoms with Gasteiger partial charge in [0, 0.05) is 20.1 Å². The van der Waals surface area contributed by atoms with Crippen molar-refractivity contribution >= 4 is 5.71 Å². The molecular weight excluding hydrogens is 202 g/mol. The molecule has 0 spiro atoms. The van der Waals surface area contributed by atoms with Gasteiger partial charge in [-0.15, -0.1) is 0 Å². The lowest BCUT2D eigenvalue weighted by Gasteiger charge is -2.27. The van der Waals surface area contributed by atoms with Crippen molar-refractivity contribution < 1.29 is 4.74 Å². The van der Waals surface area contributed by atoms with Crippen LogP contribution in [0.2, 0.25) is 0 Å². The average molecular weight is 227 g/mol. The highest BCUT2D eigenvalue weighted by Crippen LogP contribution is 2.12. The molecule has 4 heteroatoms. The van der Waals surface area contributed by atoms with Gasteiger partial charge in [0.2, 0.25) is 5.88 Å². The first kappa shape index (κ1) is 14.8. The third-order valence-corrected chi connectivity index (χ3v) is 2.43. The van der Waals surface area contributed by atoms with Crippen LogP contribution in [0, 0.1) is 0 Å². The van der Waals surface area contributed by atoms with Gasteiger partial charge >= 0.3 is 0 Å². The summed E-state index contributed by atoms with van der Waals surface area (Å²) in [4.78, 5) is 6.44. The smallest absolute Gasteiger partial charge is 0.209 e.